The summed E-state index contributed by atoms with van der Waals surface area (Å²) in [5.74, 6) is -2.13. The van der Waals surface area contributed by atoms with Gasteiger partial charge in [-0.25, -0.2) is 0 Å². The molecular formula is C30H32Cl2O7. The van der Waals surface area contributed by atoms with Crippen molar-refractivity contribution in [2.45, 2.75) is 62.6 Å². The van der Waals surface area contributed by atoms with Crippen LogP contribution in [0.3, 0.4) is 0 Å². The second-order valence-corrected chi connectivity index (χ2v) is 11.1. The fourth-order valence-corrected chi connectivity index (χ4v) is 6.40. The van der Waals surface area contributed by atoms with Crippen LogP contribution in [0, 0.1) is 5.41 Å². The number of carbonyl (C=O) groups is 3. The van der Waals surface area contributed by atoms with Gasteiger partial charge in [0.25, 0.3) is 5.79 Å². The average molecular weight is 575 g/mol. The van der Waals surface area contributed by atoms with E-state index in [1.165, 1.54) is 0 Å². The molecular weight excluding hydrogens is 543 g/mol. The average Bonchev–Trinajstić information content (AvgIpc) is 2.95. The van der Waals surface area contributed by atoms with Crippen molar-refractivity contribution in [3.05, 3.63) is 59.7 Å². The third-order valence-electron chi connectivity index (χ3n) is 8.07. The fourth-order valence-electron chi connectivity index (χ4n) is 6.25. The molecule has 0 radical (unpaired) electrons. The molecule has 2 atom stereocenters. The van der Waals surface area contributed by atoms with E-state index in [9.17, 15) is 14.4 Å². The summed E-state index contributed by atoms with van der Waals surface area (Å²) in [6.45, 7) is 0.695. The third kappa shape index (κ3) is 5.36. The van der Waals surface area contributed by atoms with Crippen LogP contribution in [0.15, 0.2) is 48.5 Å². The number of rotatable bonds is 8. The standard InChI is InChI=1S/C30H32Cl2O7/c31-14-16-36-23-8-4-20(5-9-23)25-18-22(33)19-26(21-6-10-24(11-7-21)37-17-15-32)30(25)27(34)38-29(39-28(30)35)12-2-1-3-13-29/h4-11,25-26H,1-3,12-19H2/t25-,26+. The highest BCUT2D eigenvalue weighted by atomic mass is 35.5. The number of hydrogen-bond donors (Lipinski definition) is 0. The van der Waals surface area contributed by atoms with Crippen LogP contribution in [0.4, 0.5) is 0 Å². The molecule has 1 heterocycles. The maximum Gasteiger partial charge on any atom is 0.328 e. The Hall–Kier alpha value is -2.77. The van der Waals surface area contributed by atoms with Crippen LogP contribution >= 0.6 is 23.2 Å². The van der Waals surface area contributed by atoms with E-state index < -0.39 is 35.0 Å². The van der Waals surface area contributed by atoms with E-state index in [2.05, 4.69) is 0 Å². The maximum atomic E-state index is 14.2. The number of ketones is 1. The summed E-state index contributed by atoms with van der Waals surface area (Å²) in [7, 11) is 0. The number of benzene rings is 2. The second-order valence-electron chi connectivity index (χ2n) is 10.4. The van der Waals surface area contributed by atoms with Crippen molar-refractivity contribution in [1.82, 2.24) is 0 Å². The van der Waals surface area contributed by atoms with Crippen LogP contribution in [-0.2, 0) is 23.9 Å². The first-order chi connectivity index (χ1) is 18.9. The van der Waals surface area contributed by atoms with Gasteiger partial charge < -0.3 is 18.9 Å². The summed E-state index contributed by atoms with van der Waals surface area (Å²) < 4.78 is 23.4. The predicted molar refractivity (Wildman–Crippen MR) is 145 cm³/mol. The molecule has 0 amide bonds. The molecule has 2 spiro atoms. The van der Waals surface area contributed by atoms with Crippen LogP contribution in [0.5, 0.6) is 11.5 Å². The van der Waals surface area contributed by atoms with E-state index in [1.54, 1.807) is 48.5 Å². The van der Waals surface area contributed by atoms with Gasteiger partial charge in [0.05, 0.1) is 11.8 Å². The molecule has 7 nitrogen and oxygen atoms in total. The van der Waals surface area contributed by atoms with Crippen LogP contribution in [0.2, 0.25) is 0 Å². The molecule has 2 aromatic rings. The SMILES string of the molecule is O=C1C[C@H](c2ccc(OCCCl)cc2)C2(C(=O)OC3(CCCCC3)OC2=O)[C@H](c2ccc(OCCCl)cc2)C1. The van der Waals surface area contributed by atoms with Gasteiger partial charge in [-0.15, -0.1) is 23.2 Å². The highest BCUT2D eigenvalue weighted by Crippen LogP contribution is 2.59. The monoisotopic (exact) mass is 574 g/mol. The van der Waals surface area contributed by atoms with E-state index >= 15 is 0 Å². The Morgan fingerprint density at radius 2 is 1.13 bits per heavy atom. The lowest BCUT2D eigenvalue weighted by molar-refractivity contribution is -0.275. The van der Waals surface area contributed by atoms with Gasteiger partial charge in [-0.2, -0.15) is 0 Å². The smallest absolute Gasteiger partial charge is 0.328 e. The molecule has 3 fully saturated rings. The lowest BCUT2D eigenvalue weighted by Gasteiger charge is -2.52. The van der Waals surface area contributed by atoms with Crippen molar-refractivity contribution in [1.29, 1.82) is 0 Å². The Morgan fingerprint density at radius 1 is 0.692 bits per heavy atom. The summed E-state index contributed by atoms with van der Waals surface area (Å²) in [4.78, 5) is 41.7. The van der Waals surface area contributed by atoms with Crippen molar-refractivity contribution < 1.29 is 33.3 Å². The number of alkyl halides is 2. The Morgan fingerprint density at radius 3 is 1.54 bits per heavy atom. The van der Waals surface area contributed by atoms with Gasteiger partial charge in [0, 0.05) is 37.5 Å². The molecule has 39 heavy (non-hydrogen) atoms. The van der Waals surface area contributed by atoms with E-state index in [4.69, 9.17) is 42.1 Å². The summed E-state index contributed by atoms with van der Waals surface area (Å²) >= 11 is 11.5. The van der Waals surface area contributed by atoms with Gasteiger partial charge in [-0.3, -0.25) is 14.4 Å². The van der Waals surface area contributed by atoms with Crippen molar-refractivity contribution in [3.8, 4) is 11.5 Å². The first kappa shape index (κ1) is 27.8. The second kappa shape index (κ2) is 11.8. The summed E-state index contributed by atoms with van der Waals surface area (Å²) in [5, 5.41) is 0. The van der Waals surface area contributed by atoms with Crippen LogP contribution in [-0.4, -0.2) is 48.5 Å². The predicted octanol–water partition coefficient (Wildman–Crippen LogP) is 5.90. The van der Waals surface area contributed by atoms with Gasteiger partial charge in [0.15, 0.2) is 5.41 Å². The number of esters is 2. The Balaban J connectivity index is 1.57. The summed E-state index contributed by atoms with van der Waals surface area (Å²) in [5.41, 5.74) is -0.378. The lowest BCUT2D eigenvalue weighted by atomic mass is 9.55. The van der Waals surface area contributed by atoms with E-state index in [1.807, 2.05) is 0 Å². The van der Waals surface area contributed by atoms with Crippen molar-refractivity contribution in [2.75, 3.05) is 25.0 Å². The topological polar surface area (TPSA) is 88.1 Å². The number of halogens is 2. The molecule has 3 aliphatic rings. The Labute approximate surface area is 238 Å². The summed E-state index contributed by atoms with van der Waals surface area (Å²) in [6.07, 6.45) is 3.62. The molecule has 0 unspecified atom stereocenters. The van der Waals surface area contributed by atoms with Gasteiger partial charge in [-0.05, 0) is 48.2 Å². The molecule has 2 aliphatic carbocycles. The van der Waals surface area contributed by atoms with Gasteiger partial charge in [-0.1, -0.05) is 30.7 Å². The molecule has 2 aromatic carbocycles. The first-order valence-electron chi connectivity index (χ1n) is 13.5. The Kier molecular flexibility index (Phi) is 8.38. The molecule has 2 saturated carbocycles. The zero-order valence-electron chi connectivity index (χ0n) is 21.7. The zero-order chi connectivity index (χ0) is 27.5. The van der Waals surface area contributed by atoms with Crippen LogP contribution in [0.25, 0.3) is 0 Å². The third-order valence-corrected chi connectivity index (χ3v) is 8.38. The highest BCUT2D eigenvalue weighted by molar-refractivity contribution is 6.18. The quantitative estimate of drug-likeness (QED) is 0.220. The molecule has 0 bridgehead atoms. The normalized spacial score (nSPS) is 23.8. The first-order valence-corrected chi connectivity index (χ1v) is 14.5. The summed E-state index contributed by atoms with van der Waals surface area (Å²) in [6, 6.07) is 14.2. The molecule has 5 rings (SSSR count). The minimum Gasteiger partial charge on any atom is -0.492 e. The van der Waals surface area contributed by atoms with E-state index in [0.29, 0.717) is 60.4 Å². The number of Topliss-reactive ketones (excluding diaryl/α,β-unsaturated/α-hetero) is 1. The van der Waals surface area contributed by atoms with E-state index in [0.717, 1.165) is 19.3 Å². The van der Waals surface area contributed by atoms with Gasteiger partial charge in [0.2, 0.25) is 0 Å². The molecule has 0 aromatic heterocycles. The molecule has 1 aliphatic heterocycles. The largest absolute Gasteiger partial charge is 0.492 e. The molecule has 1 saturated heterocycles. The fraction of sp³-hybridized carbons (Fsp3) is 0.500. The van der Waals surface area contributed by atoms with Crippen molar-refractivity contribution in [3.63, 3.8) is 0 Å². The van der Waals surface area contributed by atoms with Crippen LogP contribution < -0.4 is 9.47 Å². The van der Waals surface area contributed by atoms with Crippen molar-refractivity contribution in [2.24, 2.45) is 5.41 Å². The number of ether oxygens (including phenoxy) is 4. The minimum atomic E-state index is -1.71. The van der Waals surface area contributed by atoms with E-state index in [-0.39, 0.29) is 18.6 Å². The van der Waals surface area contributed by atoms with Gasteiger partial charge >= 0.3 is 11.9 Å². The highest BCUT2D eigenvalue weighted by Gasteiger charge is 2.68. The number of hydrogen-bond acceptors (Lipinski definition) is 7. The van der Waals surface area contributed by atoms with Crippen molar-refractivity contribution >= 4 is 40.9 Å². The molecule has 208 valence electrons. The molecule has 9 heteroatoms. The maximum absolute atomic E-state index is 14.2. The van der Waals surface area contributed by atoms with Crippen LogP contribution in [0.1, 0.15) is 67.9 Å². The number of carbonyl (C=O) groups excluding carboxylic acids is 3. The minimum absolute atomic E-state index is 0.0203. The van der Waals surface area contributed by atoms with Gasteiger partial charge in [0.1, 0.15) is 30.5 Å². The zero-order valence-corrected chi connectivity index (χ0v) is 23.2. The molecule has 0 N–H and O–H groups in total. The lowest BCUT2D eigenvalue weighted by Crippen LogP contribution is -2.62. The Bertz CT molecular complexity index is 1100.